The van der Waals surface area contributed by atoms with Gasteiger partial charge in [-0.05, 0) is 23.8 Å². The lowest BCUT2D eigenvalue weighted by molar-refractivity contribution is -0.164. The molecule has 0 heterocycles. The van der Waals surface area contributed by atoms with Crippen molar-refractivity contribution in [1.82, 2.24) is 5.32 Å². The standard InChI is InChI=1S/C18H22F3NO3/c1-10-11(2)15(17(24)25)14(10)16(23)22-9-8-13(18(19,20)21)12-6-4-3-5-7-12/h3-7,10-11,13-15H,8-9H2,1-2H3,(H,22,23)(H,24,25)/t10?,11?,13?,14-,15+/m0/s1. The first-order chi connectivity index (χ1) is 11.6. The number of carboxylic acid groups (broad SMARTS) is 1. The van der Waals surface area contributed by atoms with Gasteiger partial charge in [0, 0.05) is 6.54 Å². The molecule has 0 bridgehead atoms. The van der Waals surface area contributed by atoms with Crippen molar-refractivity contribution in [2.24, 2.45) is 23.7 Å². The normalized spacial score (nSPS) is 27.2. The van der Waals surface area contributed by atoms with E-state index in [0.717, 1.165) is 0 Å². The van der Waals surface area contributed by atoms with Crippen molar-refractivity contribution in [1.29, 1.82) is 0 Å². The molecule has 1 amide bonds. The SMILES string of the molecule is CC1C(C)[C@H](C(=O)NCCC(c2ccccc2)C(F)(F)F)[C@@H]1C(=O)O. The second-order valence-corrected chi connectivity index (χ2v) is 6.69. The number of carboxylic acids is 1. The maximum absolute atomic E-state index is 13.3. The van der Waals surface area contributed by atoms with E-state index in [-0.39, 0.29) is 30.4 Å². The molecule has 4 nitrogen and oxygen atoms in total. The molecule has 25 heavy (non-hydrogen) atoms. The first kappa shape index (κ1) is 19.3. The number of halogens is 3. The highest BCUT2D eigenvalue weighted by Crippen LogP contribution is 2.46. The van der Waals surface area contributed by atoms with E-state index in [1.807, 2.05) is 0 Å². The van der Waals surface area contributed by atoms with Gasteiger partial charge in [-0.15, -0.1) is 0 Å². The molecule has 1 aliphatic carbocycles. The molecule has 1 fully saturated rings. The van der Waals surface area contributed by atoms with E-state index in [1.54, 1.807) is 32.0 Å². The van der Waals surface area contributed by atoms with Gasteiger partial charge >= 0.3 is 12.1 Å². The van der Waals surface area contributed by atoms with Crippen LogP contribution in [0.4, 0.5) is 13.2 Å². The van der Waals surface area contributed by atoms with Crippen molar-refractivity contribution in [2.45, 2.75) is 32.4 Å². The molecule has 7 heteroatoms. The third kappa shape index (κ3) is 4.14. The fraction of sp³-hybridized carbons (Fsp3) is 0.556. The second-order valence-electron chi connectivity index (χ2n) is 6.69. The number of hydrogen-bond donors (Lipinski definition) is 2. The van der Waals surface area contributed by atoms with Crippen LogP contribution in [0.25, 0.3) is 0 Å². The molecule has 0 radical (unpaired) electrons. The van der Waals surface area contributed by atoms with Gasteiger partial charge in [-0.1, -0.05) is 44.2 Å². The van der Waals surface area contributed by atoms with E-state index in [4.69, 9.17) is 0 Å². The zero-order valence-electron chi connectivity index (χ0n) is 14.1. The Labute approximate surface area is 144 Å². The lowest BCUT2D eigenvalue weighted by Gasteiger charge is -2.45. The van der Waals surface area contributed by atoms with Gasteiger partial charge in [0.05, 0.1) is 17.8 Å². The summed E-state index contributed by atoms with van der Waals surface area (Å²) in [5, 5.41) is 11.7. The van der Waals surface area contributed by atoms with Crippen molar-refractivity contribution < 1.29 is 27.9 Å². The smallest absolute Gasteiger partial charge is 0.395 e. The fourth-order valence-corrected chi connectivity index (χ4v) is 3.61. The maximum atomic E-state index is 13.3. The number of amides is 1. The maximum Gasteiger partial charge on any atom is 0.395 e. The van der Waals surface area contributed by atoms with Crippen molar-refractivity contribution >= 4 is 11.9 Å². The van der Waals surface area contributed by atoms with Crippen LogP contribution >= 0.6 is 0 Å². The molecule has 138 valence electrons. The highest BCUT2D eigenvalue weighted by Gasteiger charge is 2.53. The van der Waals surface area contributed by atoms with Crippen molar-refractivity contribution in [3.8, 4) is 0 Å². The zero-order chi connectivity index (χ0) is 18.8. The zero-order valence-corrected chi connectivity index (χ0v) is 14.1. The summed E-state index contributed by atoms with van der Waals surface area (Å²) >= 11 is 0. The predicted molar refractivity (Wildman–Crippen MR) is 85.8 cm³/mol. The minimum absolute atomic E-state index is 0.103. The molecular weight excluding hydrogens is 335 g/mol. The van der Waals surface area contributed by atoms with Gasteiger partial charge in [0.2, 0.25) is 5.91 Å². The summed E-state index contributed by atoms with van der Waals surface area (Å²) in [5.74, 6) is -4.87. The van der Waals surface area contributed by atoms with Crippen LogP contribution in [0.15, 0.2) is 30.3 Å². The van der Waals surface area contributed by atoms with Crippen LogP contribution in [0.1, 0.15) is 31.7 Å². The molecule has 0 aromatic heterocycles. The average molecular weight is 357 g/mol. The molecule has 5 atom stereocenters. The summed E-state index contributed by atoms with van der Waals surface area (Å²) in [4.78, 5) is 23.4. The average Bonchev–Trinajstić information content (AvgIpc) is 2.54. The Morgan fingerprint density at radius 2 is 1.68 bits per heavy atom. The van der Waals surface area contributed by atoms with E-state index >= 15 is 0 Å². The predicted octanol–water partition coefficient (Wildman–Crippen LogP) is 3.44. The van der Waals surface area contributed by atoms with E-state index in [9.17, 15) is 27.9 Å². The molecule has 0 aliphatic heterocycles. The molecule has 1 aliphatic rings. The van der Waals surface area contributed by atoms with Crippen molar-refractivity contribution in [3.63, 3.8) is 0 Å². The number of aliphatic carboxylic acids is 1. The number of hydrogen-bond acceptors (Lipinski definition) is 2. The largest absolute Gasteiger partial charge is 0.481 e. The Morgan fingerprint density at radius 1 is 1.12 bits per heavy atom. The van der Waals surface area contributed by atoms with Gasteiger partial charge in [0.1, 0.15) is 0 Å². The monoisotopic (exact) mass is 357 g/mol. The Kier molecular flexibility index (Phi) is 5.75. The van der Waals surface area contributed by atoms with Crippen LogP contribution in [0.5, 0.6) is 0 Å². The van der Waals surface area contributed by atoms with Gasteiger partial charge in [0.25, 0.3) is 0 Å². The first-order valence-electron chi connectivity index (χ1n) is 8.26. The van der Waals surface area contributed by atoms with Gasteiger partial charge in [0.15, 0.2) is 0 Å². The highest BCUT2D eigenvalue weighted by atomic mass is 19.4. The molecule has 3 unspecified atom stereocenters. The molecule has 0 saturated heterocycles. The number of benzene rings is 1. The molecular formula is C18H22F3NO3. The van der Waals surface area contributed by atoms with Crippen molar-refractivity contribution in [2.75, 3.05) is 6.54 Å². The summed E-state index contributed by atoms with van der Waals surface area (Å²) in [6.45, 7) is 3.40. The van der Waals surface area contributed by atoms with Gasteiger partial charge in [-0.25, -0.2) is 0 Å². The van der Waals surface area contributed by atoms with Crippen LogP contribution in [0.3, 0.4) is 0 Å². The number of nitrogens with one attached hydrogen (secondary N) is 1. The molecule has 1 saturated carbocycles. The minimum atomic E-state index is -4.41. The molecule has 1 aromatic rings. The first-order valence-corrected chi connectivity index (χ1v) is 8.26. The van der Waals surface area contributed by atoms with Crippen LogP contribution in [-0.2, 0) is 9.59 Å². The van der Waals surface area contributed by atoms with E-state index in [2.05, 4.69) is 5.32 Å². The summed E-state index contributed by atoms with van der Waals surface area (Å²) in [6.07, 6.45) is -4.69. The number of rotatable bonds is 6. The van der Waals surface area contributed by atoms with Crippen LogP contribution < -0.4 is 5.32 Å². The third-order valence-corrected chi connectivity index (χ3v) is 5.27. The highest BCUT2D eigenvalue weighted by molar-refractivity contribution is 5.87. The Morgan fingerprint density at radius 3 is 2.20 bits per heavy atom. The quantitative estimate of drug-likeness (QED) is 0.820. The summed E-state index contributed by atoms with van der Waals surface area (Å²) in [7, 11) is 0. The van der Waals surface area contributed by atoms with Crippen molar-refractivity contribution in [3.05, 3.63) is 35.9 Å². The lowest BCUT2D eigenvalue weighted by Crippen LogP contribution is -2.55. The fourth-order valence-electron chi connectivity index (χ4n) is 3.61. The number of alkyl halides is 3. The van der Waals surface area contributed by atoms with Crippen LogP contribution in [-0.4, -0.2) is 29.7 Å². The van der Waals surface area contributed by atoms with Crippen LogP contribution in [0.2, 0.25) is 0 Å². The Hall–Kier alpha value is -2.05. The van der Waals surface area contributed by atoms with Gasteiger partial charge in [-0.2, -0.15) is 13.2 Å². The topological polar surface area (TPSA) is 66.4 Å². The Bertz CT molecular complexity index is 618. The summed E-state index contributed by atoms with van der Waals surface area (Å²) < 4.78 is 39.8. The third-order valence-electron chi connectivity index (χ3n) is 5.27. The molecule has 1 aromatic carbocycles. The van der Waals surface area contributed by atoms with E-state index in [1.165, 1.54) is 12.1 Å². The van der Waals surface area contributed by atoms with Gasteiger partial charge in [-0.3, -0.25) is 9.59 Å². The lowest BCUT2D eigenvalue weighted by atomic mass is 9.57. The summed E-state index contributed by atoms with van der Waals surface area (Å²) in [6, 6.07) is 7.55. The number of carbonyl (C=O) groups excluding carboxylic acids is 1. The molecule has 0 spiro atoms. The number of carbonyl (C=O) groups is 2. The molecule has 2 rings (SSSR count). The summed E-state index contributed by atoms with van der Waals surface area (Å²) in [5.41, 5.74) is 0.151. The van der Waals surface area contributed by atoms with E-state index in [0.29, 0.717) is 0 Å². The Balaban J connectivity index is 1.96. The second kappa shape index (κ2) is 7.45. The van der Waals surface area contributed by atoms with Gasteiger partial charge < -0.3 is 10.4 Å². The molecule has 2 N–H and O–H groups in total. The minimum Gasteiger partial charge on any atom is -0.481 e. The van der Waals surface area contributed by atoms with Crippen LogP contribution in [0, 0.1) is 23.7 Å². The van der Waals surface area contributed by atoms with E-state index < -0.39 is 35.8 Å².